The van der Waals surface area contributed by atoms with Crippen LogP contribution in [0, 0.1) is 11.3 Å². The molecule has 0 aromatic heterocycles. The Balaban J connectivity index is 1.84. The minimum atomic E-state index is -0.372. The molecule has 0 spiro atoms. The van der Waals surface area contributed by atoms with Gasteiger partial charge < -0.3 is 20.1 Å². The van der Waals surface area contributed by atoms with Crippen LogP contribution in [0.4, 0.5) is 0 Å². The van der Waals surface area contributed by atoms with Gasteiger partial charge in [-0.15, -0.1) is 0 Å². The maximum Gasteiger partial charge on any atom is 0.263 e. The van der Waals surface area contributed by atoms with E-state index in [1.54, 1.807) is 0 Å². The fourth-order valence-electron chi connectivity index (χ4n) is 1.94. The average Bonchev–Trinajstić information content (AvgIpc) is 2.56. The zero-order valence-corrected chi connectivity index (χ0v) is 12.5. The zero-order valence-electron chi connectivity index (χ0n) is 12.5. The molecule has 1 amide bonds. The largest absolute Gasteiger partial charge is 0.486 e. The molecule has 22 heavy (non-hydrogen) atoms. The van der Waals surface area contributed by atoms with E-state index in [4.69, 9.17) is 14.7 Å². The Morgan fingerprint density at radius 1 is 1.45 bits per heavy atom. The molecule has 2 N–H and O–H groups in total. The van der Waals surface area contributed by atoms with Crippen LogP contribution in [-0.2, 0) is 4.79 Å². The van der Waals surface area contributed by atoms with Crippen LogP contribution in [0.2, 0.25) is 0 Å². The molecule has 0 saturated heterocycles. The molecule has 1 heterocycles. The molecule has 116 valence electrons. The third-order valence-corrected chi connectivity index (χ3v) is 3.06. The molecule has 1 aromatic rings. The van der Waals surface area contributed by atoms with E-state index in [1.807, 2.05) is 37.3 Å². The second kappa shape index (κ2) is 7.93. The van der Waals surface area contributed by atoms with E-state index in [0.717, 1.165) is 12.2 Å². The topological polar surface area (TPSA) is 83.4 Å². The second-order valence-electron chi connectivity index (χ2n) is 4.83. The molecule has 1 aliphatic rings. The SMILES string of the molecule is CCCNC(=O)/C(C#N)=C\NCC1COc2ccccc2O1. The van der Waals surface area contributed by atoms with Crippen LogP contribution in [0.5, 0.6) is 11.5 Å². The molecule has 0 saturated carbocycles. The van der Waals surface area contributed by atoms with Crippen molar-refractivity contribution in [2.75, 3.05) is 19.7 Å². The van der Waals surface area contributed by atoms with Crippen LogP contribution in [-0.4, -0.2) is 31.7 Å². The van der Waals surface area contributed by atoms with Gasteiger partial charge in [0.25, 0.3) is 5.91 Å². The molecule has 1 unspecified atom stereocenters. The highest BCUT2D eigenvalue weighted by atomic mass is 16.6. The third-order valence-electron chi connectivity index (χ3n) is 3.06. The predicted octanol–water partition coefficient (Wildman–Crippen LogP) is 1.35. The van der Waals surface area contributed by atoms with Gasteiger partial charge in [-0.3, -0.25) is 4.79 Å². The number of carbonyl (C=O) groups is 1. The molecular weight excluding hydrogens is 282 g/mol. The maximum absolute atomic E-state index is 11.7. The van der Waals surface area contributed by atoms with Crippen LogP contribution >= 0.6 is 0 Å². The Labute approximate surface area is 129 Å². The molecule has 0 radical (unpaired) electrons. The van der Waals surface area contributed by atoms with Gasteiger partial charge in [-0.2, -0.15) is 5.26 Å². The van der Waals surface area contributed by atoms with Gasteiger partial charge in [-0.1, -0.05) is 19.1 Å². The number of hydrogen-bond acceptors (Lipinski definition) is 5. The first kappa shape index (κ1) is 15.7. The van der Waals surface area contributed by atoms with Crippen LogP contribution in [0.3, 0.4) is 0 Å². The summed E-state index contributed by atoms with van der Waals surface area (Å²) in [6, 6.07) is 9.34. The summed E-state index contributed by atoms with van der Waals surface area (Å²) in [6.07, 6.45) is 2.06. The quantitative estimate of drug-likeness (QED) is 0.612. The van der Waals surface area contributed by atoms with Crippen LogP contribution in [0.25, 0.3) is 0 Å². The molecule has 0 aliphatic carbocycles. The number of rotatable bonds is 6. The molecule has 1 aromatic carbocycles. The standard InChI is InChI=1S/C16H19N3O3/c1-2-7-19-16(20)12(8-17)9-18-10-13-11-21-14-5-3-4-6-15(14)22-13/h3-6,9,13,18H,2,7,10-11H2,1H3,(H,19,20)/b12-9-. The highest BCUT2D eigenvalue weighted by Gasteiger charge is 2.20. The highest BCUT2D eigenvalue weighted by molar-refractivity contribution is 5.97. The number of nitriles is 1. The van der Waals surface area contributed by atoms with Crippen molar-refractivity contribution in [1.82, 2.24) is 10.6 Å². The summed E-state index contributed by atoms with van der Waals surface area (Å²) in [6.45, 7) is 3.36. The summed E-state index contributed by atoms with van der Waals surface area (Å²) in [5.41, 5.74) is 0.0468. The number of para-hydroxylation sites is 2. The number of carbonyl (C=O) groups excluding carboxylic acids is 1. The smallest absolute Gasteiger partial charge is 0.263 e. The fourth-order valence-corrected chi connectivity index (χ4v) is 1.94. The van der Waals surface area contributed by atoms with Gasteiger partial charge in [0.15, 0.2) is 11.5 Å². The van der Waals surface area contributed by atoms with Gasteiger partial charge in [0.05, 0.1) is 6.54 Å². The van der Waals surface area contributed by atoms with Crippen LogP contribution in [0.1, 0.15) is 13.3 Å². The molecule has 6 nitrogen and oxygen atoms in total. The van der Waals surface area contributed by atoms with Gasteiger partial charge in [-0.25, -0.2) is 0 Å². The first-order chi connectivity index (χ1) is 10.7. The average molecular weight is 301 g/mol. The summed E-state index contributed by atoms with van der Waals surface area (Å²) >= 11 is 0. The van der Waals surface area contributed by atoms with Crippen LogP contribution in [0.15, 0.2) is 36.0 Å². The first-order valence-corrected chi connectivity index (χ1v) is 7.25. The van der Waals surface area contributed by atoms with Gasteiger partial charge in [-0.05, 0) is 18.6 Å². The Bertz CT molecular complexity index is 593. The fraction of sp³-hybridized carbons (Fsp3) is 0.375. The molecule has 2 rings (SSSR count). The van der Waals surface area contributed by atoms with Crippen molar-refractivity contribution in [3.05, 3.63) is 36.0 Å². The lowest BCUT2D eigenvalue weighted by atomic mass is 10.2. The first-order valence-electron chi connectivity index (χ1n) is 7.25. The number of benzene rings is 1. The van der Waals surface area contributed by atoms with Crippen molar-refractivity contribution in [2.45, 2.75) is 19.4 Å². The van der Waals surface area contributed by atoms with Crippen molar-refractivity contribution in [2.24, 2.45) is 0 Å². The van der Waals surface area contributed by atoms with Crippen molar-refractivity contribution in [3.8, 4) is 17.6 Å². The lowest BCUT2D eigenvalue weighted by molar-refractivity contribution is -0.117. The number of ether oxygens (including phenoxy) is 2. The summed E-state index contributed by atoms with van der Waals surface area (Å²) in [5.74, 6) is 1.06. The summed E-state index contributed by atoms with van der Waals surface area (Å²) in [5, 5.41) is 14.6. The molecule has 1 atom stereocenters. The molecule has 0 bridgehead atoms. The summed E-state index contributed by atoms with van der Waals surface area (Å²) in [4.78, 5) is 11.7. The van der Waals surface area contributed by atoms with E-state index in [-0.39, 0.29) is 17.6 Å². The van der Waals surface area contributed by atoms with E-state index >= 15 is 0 Å². The monoisotopic (exact) mass is 301 g/mol. The molecule has 6 heteroatoms. The van der Waals surface area contributed by atoms with Gasteiger partial charge in [0.1, 0.15) is 24.4 Å². The number of hydrogen-bond donors (Lipinski definition) is 2. The highest BCUT2D eigenvalue weighted by Crippen LogP contribution is 2.30. The van der Waals surface area contributed by atoms with E-state index in [0.29, 0.717) is 25.4 Å². The zero-order chi connectivity index (χ0) is 15.8. The van der Waals surface area contributed by atoms with Crippen molar-refractivity contribution < 1.29 is 14.3 Å². The number of amides is 1. The lowest BCUT2D eigenvalue weighted by Crippen LogP contribution is -2.37. The van der Waals surface area contributed by atoms with Crippen molar-refractivity contribution >= 4 is 5.91 Å². The normalized spacial score (nSPS) is 16.5. The van der Waals surface area contributed by atoms with E-state index < -0.39 is 0 Å². The van der Waals surface area contributed by atoms with Gasteiger partial charge in [0, 0.05) is 12.7 Å². The van der Waals surface area contributed by atoms with Gasteiger partial charge in [0.2, 0.25) is 0 Å². The molecule has 0 fully saturated rings. The van der Waals surface area contributed by atoms with Crippen molar-refractivity contribution in [3.63, 3.8) is 0 Å². The van der Waals surface area contributed by atoms with E-state index in [1.165, 1.54) is 6.20 Å². The lowest BCUT2D eigenvalue weighted by Gasteiger charge is -2.26. The van der Waals surface area contributed by atoms with E-state index in [9.17, 15) is 4.79 Å². The Morgan fingerprint density at radius 2 is 2.23 bits per heavy atom. The Hall–Kier alpha value is -2.68. The third kappa shape index (κ3) is 4.16. The molecule has 1 aliphatic heterocycles. The number of nitrogens with one attached hydrogen (secondary N) is 2. The van der Waals surface area contributed by atoms with Crippen molar-refractivity contribution in [1.29, 1.82) is 5.26 Å². The number of nitrogens with zero attached hydrogens (tertiary/aromatic N) is 1. The number of fused-ring (bicyclic) bond motifs is 1. The van der Waals surface area contributed by atoms with Gasteiger partial charge >= 0.3 is 0 Å². The maximum atomic E-state index is 11.7. The minimum absolute atomic E-state index is 0.0468. The Morgan fingerprint density at radius 3 is 2.95 bits per heavy atom. The molecular formula is C16H19N3O3. The van der Waals surface area contributed by atoms with Crippen LogP contribution < -0.4 is 20.1 Å². The second-order valence-corrected chi connectivity index (χ2v) is 4.83. The Kier molecular flexibility index (Phi) is 5.66. The summed E-state index contributed by atoms with van der Waals surface area (Å²) < 4.78 is 11.4. The van der Waals surface area contributed by atoms with E-state index in [2.05, 4.69) is 10.6 Å². The minimum Gasteiger partial charge on any atom is -0.486 e. The summed E-state index contributed by atoms with van der Waals surface area (Å²) in [7, 11) is 0. The predicted molar refractivity (Wildman–Crippen MR) is 81.4 cm³/mol.